The molecule has 0 spiro atoms. The first-order chi connectivity index (χ1) is 12.8. The van der Waals surface area contributed by atoms with E-state index in [1.54, 1.807) is 12.1 Å². The maximum Gasteiger partial charge on any atom is 0.416 e. The Kier molecular flexibility index (Phi) is 5.84. The van der Waals surface area contributed by atoms with Crippen LogP contribution in [0.2, 0.25) is 0 Å². The second-order valence-corrected chi connectivity index (χ2v) is 6.92. The third-order valence-corrected chi connectivity index (χ3v) is 4.61. The lowest BCUT2D eigenvalue weighted by Gasteiger charge is -2.26. The lowest BCUT2D eigenvalue weighted by Crippen LogP contribution is -2.29. The second kappa shape index (κ2) is 8.12. The molecule has 3 N–H and O–H groups in total. The summed E-state index contributed by atoms with van der Waals surface area (Å²) in [6.45, 7) is 2.07. The standard InChI is InChI=1S/C19H23F3N4O/c1-12-9-17(23-11-13-3-2-4-14(10-13)19(20,21)22)26-18(24-12)25-15-5-7-16(27)8-6-15/h2-4,9-10,15-16,27H,5-8,11H2,1H3,(H2,23,24,25,26). The highest BCUT2D eigenvalue weighted by Gasteiger charge is 2.30. The Labute approximate surface area is 156 Å². The minimum atomic E-state index is -4.35. The highest BCUT2D eigenvalue weighted by molar-refractivity contribution is 5.43. The third kappa shape index (κ3) is 5.56. The molecule has 0 bridgehead atoms. The van der Waals surface area contributed by atoms with Gasteiger partial charge in [0, 0.05) is 24.3 Å². The molecular weight excluding hydrogens is 357 g/mol. The van der Waals surface area contributed by atoms with Gasteiger partial charge in [-0.05, 0) is 50.3 Å². The number of benzene rings is 1. The molecule has 1 aromatic heterocycles. The summed E-state index contributed by atoms with van der Waals surface area (Å²) in [7, 11) is 0. The maximum absolute atomic E-state index is 12.8. The van der Waals surface area contributed by atoms with E-state index in [0.29, 0.717) is 17.3 Å². The fraction of sp³-hybridized carbons (Fsp3) is 0.474. The lowest BCUT2D eigenvalue weighted by molar-refractivity contribution is -0.137. The zero-order valence-electron chi connectivity index (χ0n) is 15.1. The number of hydrogen-bond acceptors (Lipinski definition) is 5. The van der Waals surface area contributed by atoms with E-state index in [9.17, 15) is 18.3 Å². The number of aromatic nitrogens is 2. The quantitative estimate of drug-likeness (QED) is 0.728. The van der Waals surface area contributed by atoms with Crippen molar-refractivity contribution in [3.8, 4) is 0 Å². The molecule has 0 saturated heterocycles. The van der Waals surface area contributed by atoms with Crippen molar-refractivity contribution in [2.24, 2.45) is 0 Å². The minimum Gasteiger partial charge on any atom is -0.393 e. The number of hydrogen-bond donors (Lipinski definition) is 3. The van der Waals surface area contributed by atoms with Crippen LogP contribution in [0.15, 0.2) is 30.3 Å². The Morgan fingerprint density at radius 2 is 1.85 bits per heavy atom. The second-order valence-electron chi connectivity index (χ2n) is 6.92. The fourth-order valence-electron chi connectivity index (χ4n) is 3.18. The summed E-state index contributed by atoms with van der Waals surface area (Å²) in [5.74, 6) is 1.04. The van der Waals surface area contributed by atoms with Crippen molar-refractivity contribution < 1.29 is 18.3 Å². The molecule has 0 amide bonds. The molecular formula is C19H23F3N4O. The molecule has 0 atom stereocenters. The molecule has 2 aromatic rings. The Hall–Kier alpha value is -2.35. The van der Waals surface area contributed by atoms with Crippen LogP contribution in [0.4, 0.5) is 24.9 Å². The molecule has 1 heterocycles. The summed E-state index contributed by atoms with van der Waals surface area (Å²) in [6.07, 6.45) is -1.37. The highest BCUT2D eigenvalue weighted by Crippen LogP contribution is 2.29. The molecule has 0 aliphatic heterocycles. The highest BCUT2D eigenvalue weighted by atomic mass is 19.4. The summed E-state index contributed by atoms with van der Waals surface area (Å²) in [6, 6.07) is 7.20. The van der Waals surface area contributed by atoms with Gasteiger partial charge in [0.1, 0.15) is 5.82 Å². The number of nitrogens with one attached hydrogen (secondary N) is 2. The molecule has 1 fully saturated rings. The van der Waals surface area contributed by atoms with Crippen LogP contribution >= 0.6 is 0 Å². The van der Waals surface area contributed by atoms with Crippen LogP contribution in [0.3, 0.4) is 0 Å². The van der Waals surface area contributed by atoms with Crippen molar-refractivity contribution in [2.75, 3.05) is 10.6 Å². The lowest BCUT2D eigenvalue weighted by atomic mass is 9.93. The van der Waals surface area contributed by atoms with E-state index in [4.69, 9.17) is 0 Å². The molecule has 1 saturated carbocycles. The van der Waals surface area contributed by atoms with Crippen molar-refractivity contribution in [1.29, 1.82) is 0 Å². The predicted octanol–water partition coefficient (Wildman–Crippen LogP) is 4.13. The van der Waals surface area contributed by atoms with Crippen molar-refractivity contribution in [3.05, 3.63) is 47.2 Å². The summed E-state index contributed by atoms with van der Waals surface area (Å²) in [5.41, 5.74) is 0.620. The van der Waals surface area contributed by atoms with Gasteiger partial charge in [-0.2, -0.15) is 18.2 Å². The molecule has 8 heteroatoms. The average molecular weight is 380 g/mol. The number of anilines is 2. The number of nitrogens with zero attached hydrogens (tertiary/aromatic N) is 2. The molecule has 5 nitrogen and oxygen atoms in total. The van der Waals surface area contributed by atoms with E-state index in [1.165, 1.54) is 6.07 Å². The van der Waals surface area contributed by atoms with Gasteiger partial charge in [-0.15, -0.1) is 0 Å². The van der Waals surface area contributed by atoms with Crippen molar-refractivity contribution >= 4 is 11.8 Å². The van der Waals surface area contributed by atoms with Gasteiger partial charge in [-0.3, -0.25) is 0 Å². The van der Waals surface area contributed by atoms with Gasteiger partial charge >= 0.3 is 6.18 Å². The number of alkyl halides is 3. The van der Waals surface area contributed by atoms with Gasteiger partial charge in [-0.1, -0.05) is 12.1 Å². The third-order valence-electron chi connectivity index (χ3n) is 4.61. The molecule has 1 aliphatic carbocycles. The van der Waals surface area contributed by atoms with Crippen LogP contribution in [0, 0.1) is 6.92 Å². The largest absolute Gasteiger partial charge is 0.416 e. The SMILES string of the molecule is Cc1cc(NCc2cccc(C(F)(F)F)c2)nc(NC2CCC(O)CC2)n1. The molecule has 0 radical (unpaired) electrons. The number of aliphatic hydroxyl groups excluding tert-OH is 1. The molecule has 146 valence electrons. The first kappa shape index (κ1) is 19.4. The monoisotopic (exact) mass is 380 g/mol. The van der Waals surface area contributed by atoms with Gasteiger partial charge in [0.05, 0.1) is 11.7 Å². The Bertz CT molecular complexity index is 774. The van der Waals surface area contributed by atoms with Gasteiger partial charge in [-0.25, -0.2) is 4.98 Å². The number of rotatable bonds is 5. The zero-order valence-corrected chi connectivity index (χ0v) is 15.1. The van der Waals surface area contributed by atoms with Crippen LogP contribution in [-0.2, 0) is 12.7 Å². The average Bonchev–Trinajstić information content (AvgIpc) is 2.61. The van der Waals surface area contributed by atoms with E-state index in [2.05, 4.69) is 20.6 Å². The van der Waals surface area contributed by atoms with Gasteiger partial charge in [0.15, 0.2) is 0 Å². The Balaban J connectivity index is 1.64. The Morgan fingerprint density at radius 3 is 2.56 bits per heavy atom. The summed E-state index contributed by atoms with van der Waals surface area (Å²) in [5, 5.41) is 15.9. The fourth-order valence-corrected chi connectivity index (χ4v) is 3.18. The first-order valence-electron chi connectivity index (χ1n) is 9.00. The normalized spacial score (nSPS) is 20.3. The number of aryl methyl sites for hydroxylation is 1. The molecule has 1 aromatic carbocycles. The maximum atomic E-state index is 12.8. The molecule has 3 rings (SSSR count). The van der Waals surface area contributed by atoms with E-state index >= 15 is 0 Å². The minimum absolute atomic E-state index is 0.214. The topological polar surface area (TPSA) is 70.1 Å². The zero-order chi connectivity index (χ0) is 19.4. The van der Waals surface area contributed by atoms with Gasteiger partial charge in [0.25, 0.3) is 0 Å². The van der Waals surface area contributed by atoms with Gasteiger partial charge in [0.2, 0.25) is 5.95 Å². The van der Waals surface area contributed by atoms with Crippen molar-refractivity contribution in [1.82, 2.24) is 9.97 Å². The number of halogens is 3. The van der Waals surface area contributed by atoms with E-state index in [0.717, 1.165) is 43.5 Å². The van der Waals surface area contributed by atoms with Crippen LogP contribution in [-0.4, -0.2) is 27.2 Å². The molecule has 27 heavy (non-hydrogen) atoms. The van der Waals surface area contributed by atoms with Crippen LogP contribution < -0.4 is 10.6 Å². The van der Waals surface area contributed by atoms with Crippen molar-refractivity contribution in [3.63, 3.8) is 0 Å². The van der Waals surface area contributed by atoms with Crippen molar-refractivity contribution in [2.45, 2.75) is 57.5 Å². The van der Waals surface area contributed by atoms with E-state index in [-0.39, 0.29) is 18.7 Å². The Morgan fingerprint density at radius 1 is 1.11 bits per heavy atom. The molecule has 0 unspecified atom stereocenters. The smallest absolute Gasteiger partial charge is 0.393 e. The molecule has 1 aliphatic rings. The van der Waals surface area contributed by atoms with E-state index in [1.807, 2.05) is 6.92 Å². The number of aliphatic hydroxyl groups is 1. The van der Waals surface area contributed by atoms with Crippen LogP contribution in [0.1, 0.15) is 42.5 Å². The predicted molar refractivity (Wildman–Crippen MR) is 97.4 cm³/mol. The summed E-state index contributed by atoms with van der Waals surface area (Å²) in [4.78, 5) is 8.79. The first-order valence-corrected chi connectivity index (χ1v) is 9.00. The van der Waals surface area contributed by atoms with E-state index < -0.39 is 11.7 Å². The summed E-state index contributed by atoms with van der Waals surface area (Å²) >= 11 is 0. The van der Waals surface area contributed by atoms with Crippen LogP contribution in [0.25, 0.3) is 0 Å². The van der Waals surface area contributed by atoms with Crippen LogP contribution in [0.5, 0.6) is 0 Å². The van der Waals surface area contributed by atoms with Gasteiger partial charge < -0.3 is 15.7 Å². The summed E-state index contributed by atoms with van der Waals surface area (Å²) < 4.78 is 38.5.